The van der Waals surface area contributed by atoms with Crippen molar-refractivity contribution in [1.29, 1.82) is 0 Å². The lowest BCUT2D eigenvalue weighted by Gasteiger charge is -2.22. The molecule has 0 atom stereocenters. The molecular weight excluding hydrogens is 336 g/mol. The van der Waals surface area contributed by atoms with E-state index < -0.39 is 0 Å². The molecule has 0 aromatic heterocycles. The van der Waals surface area contributed by atoms with E-state index in [-0.39, 0.29) is 5.91 Å². The molecular formula is C23H30N2O2. The van der Waals surface area contributed by atoms with E-state index in [9.17, 15) is 4.79 Å². The van der Waals surface area contributed by atoms with Gasteiger partial charge >= 0.3 is 0 Å². The zero-order valence-corrected chi connectivity index (χ0v) is 16.3. The van der Waals surface area contributed by atoms with Crippen LogP contribution in [0, 0.1) is 6.92 Å². The molecule has 1 saturated heterocycles. The summed E-state index contributed by atoms with van der Waals surface area (Å²) in [5.74, 6) is 1.14. The molecule has 0 N–H and O–H groups in total. The lowest BCUT2D eigenvalue weighted by atomic mass is 10.2. The summed E-state index contributed by atoms with van der Waals surface area (Å²) in [6, 6.07) is 18.6. The number of hydrogen-bond donors (Lipinski definition) is 0. The second-order valence-corrected chi connectivity index (χ2v) is 7.26. The first-order chi connectivity index (χ1) is 13.2. The van der Waals surface area contributed by atoms with Gasteiger partial charge in [-0.25, -0.2) is 0 Å². The molecule has 1 aliphatic heterocycles. The summed E-state index contributed by atoms with van der Waals surface area (Å²) in [6.45, 7) is 7.29. The van der Waals surface area contributed by atoms with Crippen LogP contribution < -0.4 is 4.74 Å². The van der Waals surface area contributed by atoms with Gasteiger partial charge in [0.25, 0.3) is 0 Å². The Balaban J connectivity index is 1.37. The fourth-order valence-electron chi connectivity index (χ4n) is 3.50. The van der Waals surface area contributed by atoms with E-state index in [1.54, 1.807) is 0 Å². The normalized spacial score (nSPS) is 15.4. The van der Waals surface area contributed by atoms with Crippen LogP contribution in [-0.4, -0.2) is 48.5 Å². The quantitative estimate of drug-likeness (QED) is 0.697. The number of hydrogen-bond acceptors (Lipinski definition) is 3. The number of carbonyl (C=O) groups excluding carboxylic acids is 1. The minimum atomic E-state index is 0.254. The second-order valence-electron chi connectivity index (χ2n) is 7.26. The molecule has 0 bridgehead atoms. The van der Waals surface area contributed by atoms with E-state index in [4.69, 9.17) is 4.74 Å². The van der Waals surface area contributed by atoms with Crippen molar-refractivity contribution in [2.75, 3.05) is 32.8 Å². The van der Waals surface area contributed by atoms with Gasteiger partial charge in [-0.05, 0) is 43.0 Å². The topological polar surface area (TPSA) is 32.8 Å². The number of carbonyl (C=O) groups is 1. The molecule has 0 aliphatic carbocycles. The summed E-state index contributed by atoms with van der Waals surface area (Å²) in [6.07, 6.45) is 2.36. The zero-order valence-electron chi connectivity index (χ0n) is 16.3. The summed E-state index contributed by atoms with van der Waals surface area (Å²) in [7, 11) is 0. The predicted octanol–water partition coefficient (Wildman–Crippen LogP) is 3.89. The molecule has 0 spiro atoms. The Labute approximate surface area is 162 Å². The average Bonchev–Trinajstić information content (AvgIpc) is 2.92. The molecule has 1 amide bonds. The summed E-state index contributed by atoms with van der Waals surface area (Å²) in [4.78, 5) is 17.0. The molecule has 0 unspecified atom stereocenters. The van der Waals surface area contributed by atoms with Gasteiger partial charge in [0.2, 0.25) is 5.91 Å². The third-order valence-electron chi connectivity index (χ3n) is 4.98. The van der Waals surface area contributed by atoms with E-state index in [1.807, 2.05) is 23.1 Å². The molecule has 2 aromatic rings. The zero-order chi connectivity index (χ0) is 18.9. The standard InChI is InChI=1S/C23H30N2O2/c1-20-8-5-11-22(18-20)27-17-6-12-23(26)25-14-7-13-24(15-16-25)19-21-9-3-2-4-10-21/h2-5,8-11,18H,6-7,12-17,19H2,1H3. The molecule has 1 aliphatic rings. The first kappa shape index (κ1) is 19.4. The monoisotopic (exact) mass is 366 g/mol. The van der Waals surface area contributed by atoms with Crippen molar-refractivity contribution in [2.24, 2.45) is 0 Å². The highest BCUT2D eigenvalue weighted by Crippen LogP contribution is 2.14. The van der Waals surface area contributed by atoms with E-state index in [0.717, 1.165) is 51.3 Å². The molecule has 4 nitrogen and oxygen atoms in total. The van der Waals surface area contributed by atoms with Crippen molar-refractivity contribution in [2.45, 2.75) is 32.7 Å². The largest absolute Gasteiger partial charge is 0.494 e. The second kappa shape index (κ2) is 10.1. The minimum Gasteiger partial charge on any atom is -0.494 e. The Bertz CT molecular complexity index is 717. The Morgan fingerprint density at radius 1 is 1.00 bits per heavy atom. The molecule has 1 heterocycles. The van der Waals surface area contributed by atoms with Crippen molar-refractivity contribution in [3.05, 3.63) is 65.7 Å². The molecule has 1 fully saturated rings. The lowest BCUT2D eigenvalue weighted by Crippen LogP contribution is -2.35. The fourth-order valence-corrected chi connectivity index (χ4v) is 3.50. The molecule has 0 radical (unpaired) electrons. The first-order valence-corrected chi connectivity index (χ1v) is 9.94. The maximum absolute atomic E-state index is 12.5. The summed E-state index contributed by atoms with van der Waals surface area (Å²) in [5.41, 5.74) is 2.53. The molecule has 2 aromatic carbocycles. The maximum atomic E-state index is 12.5. The smallest absolute Gasteiger partial charge is 0.222 e. The number of ether oxygens (including phenoxy) is 1. The van der Waals surface area contributed by atoms with E-state index in [0.29, 0.717) is 13.0 Å². The maximum Gasteiger partial charge on any atom is 0.222 e. The molecule has 144 valence electrons. The number of nitrogens with zero attached hydrogens (tertiary/aromatic N) is 2. The van der Waals surface area contributed by atoms with Gasteiger partial charge in [-0.3, -0.25) is 9.69 Å². The SMILES string of the molecule is Cc1cccc(OCCCC(=O)N2CCCN(Cc3ccccc3)CC2)c1. The molecule has 3 rings (SSSR count). The number of rotatable bonds is 7. The Hall–Kier alpha value is -2.33. The van der Waals surface area contributed by atoms with E-state index >= 15 is 0 Å². The highest BCUT2D eigenvalue weighted by Gasteiger charge is 2.18. The number of aryl methyl sites for hydroxylation is 1. The van der Waals surface area contributed by atoms with Gasteiger partial charge in [-0.15, -0.1) is 0 Å². The first-order valence-electron chi connectivity index (χ1n) is 9.94. The number of amides is 1. The number of benzene rings is 2. The Morgan fingerprint density at radius 3 is 2.67 bits per heavy atom. The summed E-state index contributed by atoms with van der Waals surface area (Å²) < 4.78 is 5.75. The van der Waals surface area contributed by atoms with E-state index in [1.165, 1.54) is 11.1 Å². The summed E-state index contributed by atoms with van der Waals surface area (Å²) >= 11 is 0. The van der Waals surface area contributed by atoms with E-state index in [2.05, 4.69) is 48.2 Å². The lowest BCUT2D eigenvalue weighted by molar-refractivity contribution is -0.131. The van der Waals surface area contributed by atoms with Gasteiger partial charge in [-0.2, -0.15) is 0 Å². The Morgan fingerprint density at radius 2 is 1.85 bits per heavy atom. The van der Waals surface area contributed by atoms with Crippen LogP contribution in [0.4, 0.5) is 0 Å². The van der Waals surface area contributed by atoms with Crippen LogP contribution in [-0.2, 0) is 11.3 Å². The van der Waals surface area contributed by atoms with Crippen LogP contribution in [0.2, 0.25) is 0 Å². The fraction of sp³-hybridized carbons (Fsp3) is 0.435. The van der Waals surface area contributed by atoms with Crippen LogP contribution in [0.15, 0.2) is 54.6 Å². The van der Waals surface area contributed by atoms with Gasteiger partial charge in [0, 0.05) is 39.1 Å². The van der Waals surface area contributed by atoms with Crippen LogP contribution >= 0.6 is 0 Å². The van der Waals surface area contributed by atoms with Gasteiger partial charge in [0.05, 0.1) is 6.61 Å². The minimum absolute atomic E-state index is 0.254. The molecule has 27 heavy (non-hydrogen) atoms. The predicted molar refractivity (Wildman–Crippen MR) is 109 cm³/mol. The third-order valence-corrected chi connectivity index (χ3v) is 4.98. The van der Waals surface area contributed by atoms with Gasteiger partial charge in [-0.1, -0.05) is 42.5 Å². The van der Waals surface area contributed by atoms with Gasteiger partial charge in [0.15, 0.2) is 0 Å². The van der Waals surface area contributed by atoms with Crippen molar-refractivity contribution in [3.8, 4) is 5.75 Å². The van der Waals surface area contributed by atoms with Crippen molar-refractivity contribution in [1.82, 2.24) is 9.80 Å². The van der Waals surface area contributed by atoms with Crippen LogP contribution in [0.1, 0.15) is 30.4 Å². The highest BCUT2D eigenvalue weighted by molar-refractivity contribution is 5.76. The Kier molecular flexibility index (Phi) is 7.28. The van der Waals surface area contributed by atoms with Crippen molar-refractivity contribution < 1.29 is 9.53 Å². The van der Waals surface area contributed by atoms with Crippen LogP contribution in [0.3, 0.4) is 0 Å². The average molecular weight is 367 g/mol. The van der Waals surface area contributed by atoms with Gasteiger partial charge in [0.1, 0.15) is 5.75 Å². The van der Waals surface area contributed by atoms with Gasteiger partial charge < -0.3 is 9.64 Å². The van der Waals surface area contributed by atoms with Crippen molar-refractivity contribution >= 4 is 5.91 Å². The third kappa shape index (κ3) is 6.40. The van der Waals surface area contributed by atoms with Crippen LogP contribution in [0.25, 0.3) is 0 Å². The highest BCUT2D eigenvalue weighted by atomic mass is 16.5. The molecule has 4 heteroatoms. The molecule has 0 saturated carbocycles. The summed E-state index contributed by atoms with van der Waals surface area (Å²) in [5, 5.41) is 0. The van der Waals surface area contributed by atoms with Crippen molar-refractivity contribution in [3.63, 3.8) is 0 Å². The van der Waals surface area contributed by atoms with Crippen LogP contribution in [0.5, 0.6) is 5.75 Å².